The van der Waals surface area contributed by atoms with Crippen molar-refractivity contribution in [3.05, 3.63) is 182 Å². The van der Waals surface area contributed by atoms with Gasteiger partial charge in [0.25, 0.3) is 0 Å². The first-order valence-electron chi connectivity index (χ1n) is 18.7. The molecule has 2 aromatic heterocycles. The molecule has 0 aliphatic heterocycles. The Balaban J connectivity index is 0.000000229. The lowest BCUT2D eigenvalue weighted by molar-refractivity contribution is -0.139. The number of furan rings is 1. The van der Waals surface area contributed by atoms with Crippen LogP contribution in [0.4, 0.5) is 5.69 Å². The van der Waals surface area contributed by atoms with E-state index in [1.54, 1.807) is 78.9 Å². The highest BCUT2D eigenvalue weighted by Crippen LogP contribution is 2.31. The van der Waals surface area contributed by atoms with Crippen molar-refractivity contribution in [3.8, 4) is 23.3 Å². The molecule has 0 saturated carbocycles. The van der Waals surface area contributed by atoms with Crippen molar-refractivity contribution in [1.82, 2.24) is 4.98 Å². The van der Waals surface area contributed by atoms with Gasteiger partial charge in [-0.15, -0.1) is 0 Å². The van der Waals surface area contributed by atoms with Gasteiger partial charge in [-0.05, 0) is 102 Å². The number of aromatic amines is 1. The topological polar surface area (TPSA) is 280 Å². The lowest BCUT2D eigenvalue weighted by Crippen LogP contribution is -2.09. The molecule has 0 fully saturated rings. The lowest BCUT2D eigenvalue weighted by atomic mass is 10.2. The van der Waals surface area contributed by atoms with E-state index in [0.29, 0.717) is 44.6 Å². The largest absolute Gasteiger partial charge is 0.488 e. The molecule has 17 nitrogen and oxygen atoms in total. The Morgan fingerprint density at radius 1 is 0.691 bits per heavy atom. The molecule has 0 unspecified atom stereocenters. The van der Waals surface area contributed by atoms with Crippen molar-refractivity contribution in [2.24, 2.45) is 0 Å². The summed E-state index contributed by atoms with van der Waals surface area (Å²) in [6, 6.07) is 36.6. The Hall–Kier alpha value is -7.66. The van der Waals surface area contributed by atoms with E-state index >= 15 is 0 Å². The number of nitrogens with one attached hydrogen (secondary N) is 2. The van der Waals surface area contributed by atoms with Crippen LogP contribution in [0.25, 0.3) is 10.9 Å². The number of anilines is 1. The van der Waals surface area contributed by atoms with Crippen LogP contribution in [0.3, 0.4) is 0 Å². The van der Waals surface area contributed by atoms with E-state index in [9.17, 15) is 32.4 Å². The molecule has 0 amide bonds. The minimum atomic E-state index is -3.33. The summed E-state index contributed by atoms with van der Waals surface area (Å²) >= 11 is 22.3. The Morgan fingerprint density at radius 2 is 1.34 bits per heavy atom. The van der Waals surface area contributed by atoms with Gasteiger partial charge in [0.1, 0.15) is 34.4 Å². The van der Waals surface area contributed by atoms with E-state index in [1.807, 2.05) is 36.3 Å². The SMILES string of the molecule is CS(=O)(=O)Nc1ccc2[nH]c(C(=O)O)cc2c1.O=C(O)C#Cc1ccc(Cl)cc1.O=C(O)COc1cccc(Cl)c1Cl.O=C(O)c1ccc(Cl)o1.O=C(O)c1ccccc1OCc1ccccc1. The van der Waals surface area contributed by atoms with Gasteiger partial charge < -0.3 is 44.4 Å². The fourth-order valence-electron chi connectivity index (χ4n) is 4.85. The van der Waals surface area contributed by atoms with Crippen LogP contribution >= 0.6 is 46.4 Å². The molecule has 22 heteroatoms. The van der Waals surface area contributed by atoms with Crippen LogP contribution in [0.15, 0.2) is 138 Å². The number of carbonyl (C=O) groups is 5. The fraction of sp³-hybridized carbons (Fsp3) is 0.0652. The molecule has 0 saturated heterocycles. The standard InChI is InChI=1S/C14H12O3.C10H10N2O4S.C9H5ClO2.C8H6Cl2O3.C5H3ClO3/c15-14(16)12-8-4-5-9-13(12)17-10-11-6-2-1-3-7-11;1-17(15,16)12-7-2-3-8-6(4-7)5-9(11-8)10(13)14;10-8-4-1-7(2-5-8)3-6-9(11)12;9-5-2-1-3-6(8(5)10)13-4-7(11)12;6-4-2-1-3(9-4)5(7)8/h1-9H,10H2,(H,15,16);2-5,11-12H,1H3,(H,13,14);1-2,4-5H,(H,11,12);1-3H,4H2,(H,11,12);1-2H,(H,7,8). The van der Waals surface area contributed by atoms with Crippen molar-refractivity contribution >= 4 is 103 Å². The molecular formula is C46H36Cl4N2O15S. The Kier molecular flexibility index (Phi) is 21.8. The third-order valence-electron chi connectivity index (χ3n) is 7.72. The second kappa shape index (κ2) is 27.1. The van der Waals surface area contributed by atoms with Crippen LogP contribution in [0.5, 0.6) is 11.5 Å². The number of benzene rings is 5. The highest BCUT2D eigenvalue weighted by atomic mass is 35.5. The first kappa shape index (κ1) is 54.7. The van der Waals surface area contributed by atoms with Crippen molar-refractivity contribution in [2.75, 3.05) is 17.6 Å². The summed E-state index contributed by atoms with van der Waals surface area (Å²) in [6.07, 6.45) is 1.05. The third-order valence-corrected chi connectivity index (χ3v) is 9.58. The second-order valence-corrected chi connectivity index (χ2v) is 16.3. The van der Waals surface area contributed by atoms with E-state index in [4.69, 9.17) is 81.4 Å². The van der Waals surface area contributed by atoms with Crippen LogP contribution in [0.2, 0.25) is 20.3 Å². The van der Waals surface area contributed by atoms with E-state index in [0.717, 1.165) is 11.8 Å². The van der Waals surface area contributed by atoms with Gasteiger partial charge in [-0.1, -0.05) is 89.3 Å². The van der Waals surface area contributed by atoms with Crippen molar-refractivity contribution in [3.63, 3.8) is 0 Å². The number of hydrogen-bond acceptors (Lipinski definition) is 10. The molecule has 0 bridgehead atoms. The van der Waals surface area contributed by atoms with Gasteiger partial charge in [-0.3, -0.25) is 4.72 Å². The average Bonchev–Trinajstić information content (AvgIpc) is 3.93. The molecule has 7 N–H and O–H groups in total. The minimum absolute atomic E-state index is 0.0662. The molecule has 7 aromatic rings. The Labute approximate surface area is 407 Å². The zero-order valence-electron chi connectivity index (χ0n) is 34.9. The summed E-state index contributed by atoms with van der Waals surface area (Å²) in [5.74, 6) is -0.342. The van der Waals surface area contributed by atoms with Crippen LogP contribution in [0, 0.1) is 11.8 Å². The number of hydrogen-bond donors (Lipinski definition) is 7. The number of carboxylic acid groups (broad SMARTS) is 5. The first-order chi connectivity index (χ1) is 32.1. The summed E-state index contributed by atoms with van der Waals surface area (Å²) < 4.78 is 39.3. The van der Waals surface area contributed by atoms with Crippen molar-refractivity contribution < 1.29 is 71.8 Å². The number of aromatic nitrogens is 1. The normalized spacial score (nSPS) is 9.96. The maximum Gasteiger partial charge on any atom is 0.382 e. The molecule has 0 radical (unpaired) electrons. The maximum atomic E-state index is 11.0. The zero-order valence-corrected chi connectivity index (χ0v) is 38.7. The quantitative estimate of drug-likeness (QED) is 0.0594. The number of rotatable bonds is 11. The summed E-state index contributed by atoms with van der Waals surface area (Å²) in [5.41, 5.74) is 2.94. The molecular weight excluding hydrogens is 994 g/mol. The first-order valence-corrected chi connectivity index (χ1v) is 22.1. The summed E-state index contributed by atoms with van der Waals surface area (Å²) in [5, 5.41) is 44.5. The number of sulfonamides is 1. The molecule has 354 valence electrons. The number of para-hydroxylation sites is 1. The Morgan fingerprint density at radius 3 is 1.90 bits per heavy atom. The molecule has 0 atom stereocenters. The van der Waals surface area contributed by atoms with Crippen LogP contribution in [-0.4, -0.2) is 81.6 Å². The van der Waals surface area contributed by atoms with Gasteiger partial charge in [0, 0.05) is 33.1 Å². The van der Waals surface area contributed by atoms with Gasteiger partial charge >= 0.3 is 29.8 Å². The number of aliphatic carboxylic acids is 2. The Bertz CT molecular complexity index is 3020. The summed E-state index contributed by atoms with van der Waals surface area (Å²) in [6.45, 7) is -0.0643. The fourth-order valence-corrected chi connectivity index (χ4v) is 6.03. The van der Waals surface area contributed by atoms with Gasteiger partial charge in [-0.2, -0.15) is 0 Å². The molecule has 2 heterocycles. The van der Waals surface area contributed by atoms with Crippen LogP contribution < -0.4 is 14.2 Å². The number of aromatic carboxylic acids is 3. The molecule has 0 aliphatic carbocycles. The molecule has 7 rings (SSSR count). The number of H-pyrrole nitrogens is 1. The average molecular weight is 1030 g/mol. The van der Waals surface area contributed by atoms with E-state index in [-0.39, 0.29) is 33.0 Å². The predicted octanol–water partition coefficient (Wildman–Crippen LogP) is 10.1. The highest BCUT2D eigenvalue weighted by molar-refractivity contribution is 7.92. The highest BCUT2D eigenvalue weighted by Gasteiger charge is 2.11. The lowest BCUT2D eigenvalue weighted by Gasteiger charge is -2.08. The monoisotopic (exact) mass is 1030 g/mol. The molecule has 0 spiro atoms. The zero-order chi connectivity index (χ0) is 50.4. The van der Waals surface area contributed by atoms with Gasteiger partial charge in [0.15, 0.2) is 11.8 Å². The second-order valence-electron chi connectivity index (χ2n) is 12.9. The number of carboxylic acids is 5. The number of ether oxygens (including phenoxy) is 2. The van der Waals surface area contributed by atoms with E-state index < -0.39 is 46.5 Å². The summed E-state index contributed by atoms with van der Waals surface area (Å²) in [4.78, 5) is 54.7. The number of halogens is 4. The number of fused-ring (bicyclic) bond motifs is 1. The van der Waals surface area contributed by atoms with E-state index in [1.165, 1.54) is 24.3 Å². The van der Waals surface area contributed by atoms with Gasteiger partial charge in [0.2, 0.25) is 15.8 Å². The van der Waals surface area contributed by atoms with Crippen molar-refractivity contribution in [2.45, 2.75) is 6.61 Å². The predicted molar refractivity (Wildman–Crippen MR) is 254 cm³/mol. The smallest absolute Gasteiger partial charge is 0.382 e. The van der Waals surface area contributed by atoms with Crippen LogP contribution in [-0.2, 0) is 26.2 Å². The van der Waals surface area contributed by atoms with Crippen molar-refractivity contribution in [1.29, 1.82) is 0 Å². The maximum absolute atomic E-state index is 11.0. The third kappa shape index (κ3) is 20.2. The molecule has 68 heavy (non-hydrogen) atoms. The molecule has 5 aromatic carbocycles. The summed E-state index contributed by atoms with van der Waals surface area (Å²) in [7, 11) is -3.33. The molecule has 0 aliphatic rings. The van der Waals surface area contributed by atoms with Gasteiger partial charge in [0.05, 0.1) is 11.3 Å². The minimum Gasteiger partial charge on any atom is -0.488 e. The van der Waals surface area contributed by atoms with Gasteiger partial charge in [-0.25, -0.2) is 32.4 Å². The van der Waals surface area contributed by atoms with Crippen LogP contribution in [0.1, 0.15) is 42.5 Å². The van der Waals surface area contributed by atoms with E-state index in [2.05, 4.69) is 20.0 Å².